The quantitative estimate of drug-likeness (QED) is 0.0630. The van der Waals surface area contributed by atoms with E-state index in [1.165, 1.54) is 0 Å². The highest BCUT2D eigenvalue weighted by Gasteiger charge is 2.42. The first-order chi connectivity index (χ1) is 35.1. The standard InChI is InChI=1S/C59H64N8O6/c1-57(2,3)72-55(70)60-39-21-20-31-49(62-56(71)73-58(4,5)6)53(68)61-50-38-37-43-22-16-19-32-51(43)66(54(50)69)40-41-33-35-42(36-34-41)47-29-17-18-30-48(47)52-63-64-65-67(52)59(44-23-10-7-11-24-44,45-25-12-8-13-26-45)46-27-14-9-15-28-46/h7-19,22-30,32-36,49-50H,20-21,31,37-40H2,1-6H3,(H,60,70)(H,61,68)(H,62,71)/t49-,50?/m0/s1. The molecule has 1 aromatic heterocycles. The third-order valence-corrected chi connectivity index (χ3v) is 12.6. The highest BCUT2D eigenvalue weighted by molar-refractivity contribution is 6.01. The van der Waals surface area contributed by atoms with E-state index in [1.807, 2.05) is 126 Å². The van der Waals surface area contributed by atoms with Crippen molar-refractivity contribution in [3.8, 4) is 22.5 Å². The molecular weight excluding hydrogens is 917 g/mol. The Balaban J connectivity index is 1.05. The van der Waals surface area contributed by atoms with Crippen molar-refractivity contribution in [2.75, 3.05) is 11.4 Å². The van der Waals surface area contributed by atoms with Gasteiger partial charge in [0.1, 0.15) is 28.8 Å². The predicted molar refractivity (Wildman–Crippen MR) is 282 cm³/mol. The third-order valence-electron chi connectivity index (χ3n) is 12.6. The molecule has 376 valence electrons. The van der Waals surface area contributed by atoms with Gasteiger partial charge in [0.05, 0.1) is 6.54 Å². The lowest BCUT2D eigenvalue weighted by Crippen LogP contribution is -2.54. The predicted octanol–water partition coefficient (Wildman–Crippen LogP) is 10.4. The van der Waals surface area contributed by atoms with Gasteiger partial charge in [-0.15, -0.1) is 5.10 Å². The van der Waals surface area contributed by atoms with E-state index < -0.39 is 46.9 Å². The number of fused-ring (bicyclic) bond motifs is 1. The summed E-state index contributed by atoms with van der Waals surface area (Å²) in [4.78, 5) is 55.9. The summed E-state index contributed by atoms with van der Waals surface area (Å²) in [6.45, 7) is 11.2. The normalized spacial score (nSPS) is 14.3. The van der Waals surface area contributed by atoms with E-state index in [0.717, 1.165) is 50.2 Å². The van der Waals surface area contributed by atoms with E-state index in [0.29, 0.717) is 38.1 Å². The largest absolute Gasteiger partial charge is 0.444 e. The van der Waals surface area contributed by atoms with Gasteiger partial charge in [-0.2, -0.15) is 0 Å². The average Bonchev–Trinajstić information content (AvgIpc) is 3.82. The molecule has 4 amide bonds. The zero-order valence-corrected chi connectivity index (χ0v) is 42.4. The zero-order chi connectivity index (χ0) is 51.6. The minimum atomic E-state index is -1.00. The maximum atomic E-state index is 14.8. The van der Waals surface area contributed by atoms with Crippen LogP contribution in [0.2, 0.25) is 0 Å². The van der Waals surface area contributed by atoms with Crippen LogP contribution in [0.5, 0.6) is 0 Å². The topological polar surface area (TPSA) is 170 Å². The number of nitrogens with zero attached hydrogens (tertiary/aromatic N) is 5. The van der Waals surface area contributed by atoms with E-state index >= 15 is 0 Å². The number of carbonyl (C=O) groups excluding carboxylic acids is 4. The maximum Gasteiger partial charge on any atom is 0.408 e. The van der Waals surface area contributed by atoms with Gasteiger partial charge >= 0.3 is 12.2 Å². The van der Waals surface area contributed by atoms with Crippen molar-refractivity contribution in [1.82, 2.24) is 36.2 Å². The fourth-order valence-corrected chi connectivity index (χ4v) is 9.37. The number of hydrogen-bond donors (Lipinski definition) is 3. The molecule has 2 atom stereocenters. The van der Waals surface area contributed by atoms with Crippen molar-refractivity contribution < 1.29 is 28.7 Å². The number of para-hydroxylation sites is 1. The van der Waals surface area contributed by atoms with Crippen molar-refractivity contribution in [2.45, 2.75) is 109 Å². The second kappa shape index (κ2) is 22.5. The minimum Gasteiger partial charge on any atom is -0.444 e. The van der Waals surface area contributed by atoms with Crippen LogP contribution in [0.25, 0.3) is 22.5 Å². The molecule has 0 aliphatic carbocycles. The molecule has 8 rings (SSSR count). The Bertz CT molecular complexity index is 2890. The fraction of sp³-hybridized carbons (Fsp3) is 0.305. The molecule has 0 radical (unpaired) electrons. The number of amides is 4. The number of benzene rings is 6. The number of alkyl carbamates (subject to hydrolysis) is 2. The molecule has 0 fully saturated rings. The summed E-state index contributed by atoms with van der Waals surface area (Å²) in [7, 11) is 0. The number of tetrazole rings is 1. The number of nitrogens with one attached hydrogen (secondary N) is 3. The van der Waals surface area contributed by atoms with Crippen LogP contribution in [0.1, 0.15) is 95.0 Å². The lowest BCUT2D eigenvalue weighted by molar-refractivity contribution is -0.129. The molecule has 0 saturated carbocycles. The van der Waals surface area contributed by atoms with Gasteiger partial charge in [0.15, 0.2) is 5.82 Å². The van der Waals surface area contributed by atoms with Gasteiger partial charge < -0.3 is 30.3 Å². The molecule has 0 bridgehead atoms. The van der Waals surface area contributed by atoms with Crippen LogP contribution in [0.3, 0.4) is 0 Å². The smallest absolute Gasteiger partial charge is 0.408 e. The summed E-state index contributed by atoms with van der Waals surface area (Å²) in [6, 6.07) is 53.0. The number of anilines is 1. The SMILES string of the molecule is CC(C)(C)OC(=O)NCCCC[C@H](NC(=O)OC(C)(C)C)C(=O)NC1CCc2ccccc2N(Cc2ccc(-c3ccccc3-c3nnnn3C(c3ccccc3)(c3ccccc3)c3ccccc3)cc2)C1=O. The summed E-state index contributed by atoms with van der Waals surface area (Å²) < 4.78 is 12.8. The Hall–Kier alpha value is -8.13. The highest BCUT2D eigenvalue weighted by Crippen LogP contribution is 2.43. The molecule has 0 spiro atoms. The summed E-state index contributed by atoms with van der Waals surface area (Å²) >= 11 is 0. The molecule has 14 nitrogen and oxygen atoms in total. The van der Waals surface area contributed by atoms with Gasteiger partial charge in [0.25, 0.3) is 0 Å². The van der Waals surface area contributed by atoms with Crippen molar-refractivity contribution >= 4 is 29.7 Å². The number of rotatable bonds is 16. The van der Waals surface area contributed by atoms with Gasteiger partial charge in [0, 0.05) is 17.8 Å². The van der Waals surface area contributed by atoms with Crippen molar-refractivity contribution in [2.24, 2.45) is 0 Å². The van der Waals surface area contributed by atoms with E-state index in [4.69, 9.17) is 19.8 Å². The van der Waals surface area contributed by atoms with Crippen LogP contribution in [0.15, 0.2) is 164 Å². The van der Waals surface area contributed by atoms with Crippen LogP contribution in [-0.2, 0) is 37.6 Å². The summed E-state index contributed by atoms with van der Waals surface area (Å²) in [5, 5.41) is 22.3. The van der Waals surface area contributed by atoms with E-state index in [9.17, 15) is 19.2 Å². The van der Waals surface area contributed by atoms with Gasteiger partial charge in [0.2, 0.25) is 11.8 Å². The first-order valence-electron chi connectivity index (χ1n) is 24.9. The molecule has 2 heterocycles. The molecular formula is C59H64N8O6. The Kier molecular flexibility index (Phi) is 15.8. The van der Waals surface area contributed by atoms with Crippen LogP contribution >= 0.6 is 0 Å². The van der Waals surface area contributed by atoms with Crippen molar-refractivity contribution in [1.29, 1.82) is 0 Å². The highest BCUT2D eigenvalue weighted by atomic mass is 16.6. The monoisotopic (exact) mass is 980 g/mol. The number of carbonyl (C=O) groups is 4. The fourth-order valence-electron chi connectivity index (χ4n) is 9.37. The summed E-state index contributed by atoms with van der Waals surface area (Å²) in [5.74, 6) is -0.191. The molecule has 73 heavy (non-hydrogen) atoms. The number of unbranched alkanes of at least 4 members (excludes halogenated alkanes) is 1. The van der Waals surface area contributed by atoms with E-state index in [2.05, 4.69) is 63.6 Å². The zero-order valence-electron chi connectivity index (χ0n) is 42.4. The summed E-state index contributed by atoms with van der Waals surface area (Å²) in [6.07, 6.45) is 0.857. The molecule has 1 unspecified atom stereocenters. The Morgan fingerprint density at radius 1 is 0.658 bits per heavy atom. The molecule has 3 N–H and O–H groups in total. The average molecular weight is 981 g/mol. The van der Waals surface area contributed by atoms with E-state index in [-0.39, 0.29) is 18.9 Å². The van der Waals surface area contributed by atoms with Gasteiger partial charge in [-0.05, 0) is 129 Å². The molecule has 6 aromatic carbocycles. The Morgan fingerprint density at radius 2 is 1.21 bits per heavy atom. The molecule has 1 aliphatic heterocycles. The molecule has 0 saturated heterocycles. The second-order valence-electron chi connectivity index (χ2n) is 20.2. The first kappa shape index (κ1) is 51.2. The Labute approximate surface area is 427 Å². The molecule has 7 aromatic rings. The maximum absolute atomic E-state index is 14.8. The summed E-state index contributed by atoms with van der Waals surface area (Å²) in [5.41, 5.74) is 5.91. The van der Waals surface area contributed by atoms with Crippen LogP contribution in [0.4, 0.5) is 15.3 Å². The van der Waals surface area contributed by atoms with Crippen molar-refractivity contribution in [3.05, 3.63) is 192 Å². The number of aromatic nitrogens is 4. The lowest BCUT2D eigenvalue weighted by Gasteiger charge is -2.36. The minimum absolute atomic E-state index is 0.236. The number of ether oxygens (including phenoxy) is 2. The van der Waals surface area contributed by atoms with Crippen LogP contribution < -0.4 is 20.9 Å². The molecule has 14 heteroatoms. The molecule has 1 aliphatic rings. The van der Waals surface area contributed by atoms with Crippen molar-refractivity contribution in [3.63, 3.8) is 0 Å². The van der Waals surface area contributed by atoms with E-state index in [1.54, 1.807) is 46.4 Å². The second-order valence-corrected chi connectivity index (χ2v) is 20.2. The van der Waals surface area contributed by atoms with Gasteiger partial charge in [-0.3, -0.25) is 9.59 Å². The van der Waals surface area contributed by atoms with Crippen LogP contribution in [-0.4, -0.2) is 74.0 Å². The number of aryl methyl sites for hydroxylation is 1. The third kappa shape index (κ3) is 12.3. The Morgan fingerprint density at radius 3 is 1.81 bits per heavy atom. The lowest BCUT2D eigenvalue weighted by atomic mass is 9.77. The van der Waals surface area contributed by atoms with Gasteiger partial charge in [-0.1, -0.05) is 158 Å². The van der Waals surface area contributed by atoms with Crippen LogP contribution in [0, 0.1) is 0 Å². The number of hydrogen-bond acceptors (Lipinski definition) is 9. The first-order valence-corrected chi connectivity index (χ1v) is 24.9. The van der Waals surface area contributed by atoms with Gasteiger partial charge in [-0.25, -0.2) is 14.3 Å².